The molecule has 3 nitrogen and oxygen atoms in total. The van der Waals surface area contributed by atoms with Gasteiger partial charge in [-0.05, 0) is 24.6 Å². The third-order valence-electron chi connectivity index (χ3n) is 2.83. The van der Waals surface area contributed by atoms with Crippen molar-refractivity contribution in [2.45, 2.75) is 19.8 Å². The maximum Gasteiger partial charge on any atom is 0.132 e. The van der Waals surface area contributed by atoms with Gasteiger partial charge in [0.05, 0.1) is 5.71 Å². The predicted octanol–water partition coefficient (Wildman–Crippen LogP) is 3.08. The number of hydrogen-bond acceptors (Lipinski definition) is 3. The van der Waals surface area contributed by atoms with E-state index in [4.69, 9.17) is 5.73 Å². The highest BCUT2D eigenvalue weighted by Gasteiger charge is 2.23. The first-order valence-corrected chi connectivity index (χ1v) is 6.26. The quantitative estimate of drug-likeness (QED) is 0.896. The summed E-state index contributed by atoms with van der Waals surface area (Å²) < 4.78 is 14.6. The molecule has 1 atom stereocenters. The Hall–Kier alpha value is -1.23. The molecule has 5 heteroatoms. The molecule has 0 saturated carbocycles. The highest BCUT2D eigenvalue weighted by atomic mass is 79.9. The average molecular weight is 298 g/mol. The number of benzene rings is 1. The summed E-state index contributed by atoms with van der Waals surface area (Å²) in [7, 11) is 0. The summed E-state index contributed by atoms with van der Waals surface area (Å²) in [5.41, 5.74) is 6.83. The summed E-state index contributed by atoms with van der Waals surface area (Å²) in [6, 6.07) is 4.82. The van der Waals surface area contributed by atoms with E-state index < -0.39 is 0 Å². The molecular formula is C12H13BrFN3. The van der Waals surface area contributed by atoms with Gasteiger partial charge in [0, 0.05) is 22.4 Å². The Morgan fingerprint density at radius 2 is 2.24 bits per heavy atom. The number of amidine groups is 1. The van der Waals surface area contributed by atoms with Crippen molar-refractivity contribution in [1.29, 1.82) is 0 Å². The highest BCUT2D eigenvalue weighted by molar-refractivity contribution is 9.10. The van der Waals surface area contributed by atoms with Crippen LogP contribution in [-0.4, -0.2) is 11.5 Å². The van der Waals surface area contributed by atoms with Crippen molar-refractivity contribution in [3.8, 4) is 0 Å². The smallest absolute Gasteiger partial charge is 0.132 e. The maximum absolute atomic E-state index is 13.8. The van der Waals surface area contributed by atoms with Crippen LogP contribution in [-0.2, 0) is 0 Å². The Balaban J connectivity index is 2.47. The second kappa shape index (κ2) is 4.96. The molecule has 0 bridgehead atoms. The van der Waals surface area contributed by atoms with Gasteiger partial charge in [-0.3, -0.25) is 0 Å². The Labute approximate surface area is 108 Å². The summed E-state index contributed by atoms with van der Waals surface area (Å²) in [6.45, 7) is 2.04. The summed E-state index contributed by atoms with van der Waals surface area (Å²) in [5, 5.41) is 7.91. The predicted molar refractivity (Wildman–Crippen MR) is 70.7 cm³/mol. The van der Waals surface area contributed by atoms with Crippen molar-refractivity contribution >= 4 is 27.5 Å². The lowest BCUT2D eigenvalue weighted by atomic mass is 9.90. The van der Waals surface area contributed by atoms with Crippen LogP contribution in [0.4, 0.5) is 4.39 Å². The summed E-state index contributed by atoms with van der Waals surface area (Å²) in [5.74, 6) is 0.369. The van der Waals surface area contributed by atoms with Gasteiger partial charge in [0.25, 0.3) is 0 Å². The van der Waals surface area contributed by atoms with Crippen molar-refractivity contribution in [1.82, 2.24) is 0 Å². The molecule has 0 radical (unpaired) electrons. The van der Waals surface area contributed by atoms with Crippen molar-refractivity contribution in [2.75, 3.05) is 0 Å². The minimum absolute atomic E-state index is 0.135. The van der Waals surface area contributed by atoms with Crippen LogP contribution in [0.15, 0.2) is 32.9 Å². The van der Waals surface area contributed by atoms with Crippen LogP contribution in [0.1, 0.15) is 25.3 Å². The molecule has 0 aliphatic carbocycles. The normalized spacial score (nSPS) is 19.8. The number of nitrogens with two attached hydrogens (primary N) is 1. The van der Waals surface area contributed by atoms with Crippen LogP contribution in [0, 0.1) is 11.7 Å². The molecule has 2 rings (SSSR count). The second-order valence-electron chi connectivity index (χ2n) is 4.01. The molecule has 0 spiro atoms. The van der Waals surface area contributed by atoms with Gasteiger partial charge in [0.2, 0.25) is 0 Å². The van der Waals surface area contributed by atoms with Gasteiger partial charge in [0.1, 0.15) is 11.7 Å². The topological polar surface area (TPSA) is 50.7 Å². The second-order valence-corrected chi connectivity index (χ2v) is 4.93. The molecule has 0 saturated heterocycles. The van der Waals surface area contributed by atoms with Gasteiger partial charge in [-0.15, -0.1) is 5.10 Å². The third kappa shape index (κ3) is 2.54. The van der Waals surface area contributed by atoms with Crippen LogP contribution >= 0.6 is 15.9 Å². The van der Waals surface area contributed by atoms with Gasteiger partial charge in [-0.1, -0.05) is 22.9 Å². The van der Waals surface area contributed by atoms with Crippen molar-refractivity contribution in [3.05, 3.63) is 34.1 Å². The van der Waals surface area contributed by atoms with E-state index in [1.807, 2.05) is 6.92 Å². The first-order valence-electron chi connectivity index (χ1n) is 5.47. The lowest BCUT2D eigenvalue weighted by molar-refractivity contribution is 0.616. The van der Waals surface area contributed by atoms with Crippen LogP contribution in [0.25, 0.3) is 0 Å². The summed E-state index contributed by atoms with van der Waals surface area (Å²) in [6.07, 6.45) is 1.50. The standard InChI is InChI=1S/C12H13BrFN3/c1-2-7-5-11(15)16-17-12(7)9-6-8(13)3-4-10(9)14/h3-4,6-7H,2,5H2,1H3,(H2,15,16). The van der Waals surface area contributed by atoms with E-state index in [1.165, 1.54) is 6.07 Å². The number of nitrogens with zero attached hydrogens (tertiary/aromatic N) is 2. The van der Waals surface area contributed by atoms with Crippen molar-refractivity contribution in [2.24, 2.45) is 21.9 Å². The molecule has 0 aromatic heterocycles. The van der Waals surface area contributed by atoms with Gasteiger partial charge in [-0.2, -0.15) is 5.10 Å². The van der Waals surface area contributed by atoms with Gasteiger partial charge >= 0.3 is 0 Å². The monoisotopic (exact) mass is 297 g/mol. The molecule has 17 heavy (non-hydrogen) atoms. The van der Waals surface area contributed by atoms with E-state index >= 15 is 0 Å². The summed E-state index contributed by atoms with van der Waals surface area (Å²) in [4.78, 5) is 0. The molecule has 0 fully saturated rings. The van der Waals surface area contributed by atoms with Crippen LogP contribution in [0.5, 0.6) is 0 Å². The van der Waals surface area contributed by atoms with Gasteiger partial charge < -0.3 is 5.73 Å². The number of hydrogen-bond donors (Lipinski definition) is 1. The molecule has 1 aliphatic rings. The first kappa shape index (κ1) is 12.2. The minimum Gasteiger partial charge on any atom is -0.386 e. The minimum atomic E-state index is -0.277. The fourth-order valence-corrected chi connectivity index (χ4v) is 2.26. The molecule has 1 aromatic carbocycles. The van der Waals surface area contributed by atoms with E-state index in [9.17, 15) is 4.39 Å². The van der Waals surface area contributed by atoms with Gasteiger partial charge in [0.15, 0.2) is 0 Å². The molecule has 90 valence electrons. The Kier molecular flexibility index (Phi) is 3.57. The Morgan fingerprint density at radius 3 is 2.94 bits per heavy atom. The number of halogens is 2. The molecule has 1 aliphatic heterocycles. The van der Waals surface area contributed by atoms with E-state index in [0.717, 1.165) is 10.9 Å². The maximum atomic E-state index is 13.8. The SMILES string of the molecule is CCC1CC(N)=NN=C1c1cc(Br)ccc1F. The van der Waals surface area contributed by atoms with E-state index in [0.29, 0.717) is 23.5 Å². The Morgan fingerprint density at radius 1 is 1.47 bits per heavy atom. The molecule has 1 aromatic rings. The lowest BCUT2D eigenvalue weighted by Gasteiger charge is -2.20. The van der Waals surface area contributed by atoms with Crippen LogP contribution in [0.3, 0.4) is 0 Å². The highest BCUT2D eigenvalue weighted by Crippen LogP contribution is 2.24. The van der Waals surface area contributed by atoms with Crippen LogP contribution in [0.2, 0.25) is 0 Å². The third-order valence-corrected chi connectivity index (χ3v) is 3.32. The largest absolute Gasteiger partial charge is 0.386 e. The van der Waals surface area contributed by atoms with Crippen molar-refractivity contribution < 1.29 is 4.39 Å². The lowest BCUT2D eigenvalue weighted by Crippen LogP contribution is -2.27. The zero-order chi connectivity index (χ0) is 12.4. The molecule has 0 amide bonds. The zero-order valence-electron chi connectivity index (χ0n) is 9.45. The van der Waals surface area contributed by atoms with Gasteiger partial charge in [-0.25, -0.2) is 4.39 Å². The number of rotatable bonds is 2. The zero-order valence-corrected chi connectivity index (χ0v) is 11.0. The molecular weight excluding hydrogens is 285 g/mol. The van der Waals surface area contributed by atoms with E-state index in [2.05, 4.69) is 26.1 Å². The molecule has 2 N–H and O–H groups in total. The Bertz CT molecular complexity index is 497. The fraction of sp³-hybridized carbons (Fsp3) is 0.333. The van der Waals surface area contributed by atoms with E-state index in [-0.39, 0.29) is 11.7 Å². The van der Waals surface area contributed by atoms with E-state index in [1.54, 1.807) is 12.1 Å². The van der Waals surface area contributed by atoms with Crippen molar-refractivity contribution in [3.63, 3.8) is 0 Å². The molecule has 1 unspecified atom stereocenters. The fourth-order valence-electron chi connectivity index (χ4n) is 1.89. The summed E-state index contributed by atoms with van der Waals surface area (Å²) >= 11 is 3.33. The average Bonchev–Trinajstić information content (AvgIpc) is 2.32. The first-order chi connectivity index (χ1) is 8.11. The van der Waals surface area contributed by atoms with Crippen LogP contribution < -0.4 is 5.73 Å². The molecule has 1 heterocycles.